The zero-order chi connectivity index (χ0) is 13.1. The summed E-state index contributed by atoms with van der Waals surface area (Å²) in [4.78, 5) is 17.5. The van der Waals surface area contributed by atoms with Gasteiger partial charge in [0.05, 0.1) is 22.6 Å². The van der Waals surface area contributed by atoms with E-state index in [1.165, 1.54) is 7.11 Å². The summed E-state index contributed by atoms with van der Waals surface area (Å²) in [6.45, 7) is 1.55. The van der Waals surface area contributed by atoms with E-state index in [-0.39, 0.29) is 6.04 Å². The maximum Gasteiger partial charge on any atom is 0.407 e. The van der Waals surface area contributed by atoms with Gasteiger partial charge in [0.1, 0.15) is 5.82 Å². The number of carbonyl (C=O) groups excluding carboxylic acids is 1. The highest BCUT2D eigenvalue weighted by atomic mass is 79.9. The molecule has 0 radical (unpaired) electrons. The zero-order valence-electron chi connectivity index (χ0n) is 9.82. The summed E-state index contributed by atoms with van der Waals surface area (Å²) < 4.78 is 5.44. The number of rotatable bonds is 2. The van der Waals surface area contributed by atoms with Crippen molar-refractivity contribution in [2.45, 2.75) is 12.5 Å². The third-order valence-electron chi connectivity index (χ3n) is 2.78. The average molecular weight is 335 g/mol. The van der Waals surface area contributed by atoms with Gasteiger partial charge in [-0.3, -0.25) is 0 Å². The molecule has 18 heavy (non-hydrogen) atoms. The van der Waals surface area contributed by atoms with Gasteiger partial charge in [-0.1, -0.05) is 11.6 Å². The second kappa shape index (κ2) is 5.75. The molecule has 0 spiro atoms. The van der Waals surface area contributed by atoms with Crippen LogP contribution < -0.4 is 10.2 Å². The Kier molecular flexibility index (Phi) is 4.29. The Hall–Kier alpha value is -1.01. The van der Waals surface area contributed by atoms with E-state index in [1.54, 1.807) is 6.20 Å². The number of hydrogen-bond acceptors (Lipinski definition) is 4. The summed E-state index contributed by atoms with van der Waals surface area (Å²) in [5.41, 5.74) is 0. The summed E-state index contributed by atoms with van der Waals surface area (Å²) in [5.74, 6) is 0.841. The first-order valence-electron chi connectivity index (χ1n) is 5.50. The molecule has 0 aliphatic carbocycles. The van der Waals surface area contributed by atoms with E-state index in [4.69, 9.17) is 11.6 Å². The van der Waals surface area contributed by atoms with Gasteiger partial charge < -0.3 is 15.0 Å². The molecule has 1 N–H and O–H groups in total. The topological polar surface area (TPSA) is 54.5 Å². The zero-order valence-corrected chi connectivity index (χ0v) is 12.2. The fourth-order valence-corrected chi connectivity index (χ4v) is 2.83. The van der Waals surface area contributed by atoms with Crippen molar-refractivity contribution in [3.8, 4) is 0 Å². The van der Waals surface area contributed by atoms with Crippen molar-refractivity contribution in [1.29, 1.82) is 0 Å². The monoisotopic (exact) mass is 333 g/mol. The molecule has 1 aromatic heterocycles. The number of methoxy groups -OCH3 is 1. The number of amides is 1. The van der Waals surface area contributed by atoms with Crippen molar-refractivity contribution in [3.05, 3.63) is 21.8 Å². The van der Waals surface area contributed by atoms with Gasteiger partial charge in [-0.05, 0) is 28.4 Å². The second-order valence-corrected chi connectivity index (χ2v) is 5.32. The van der Waals surface area contributed by atoms with Crippen molar-refractivity contribution in [3.63, 3.8) is 0 Å². The SMILES string of the molecule is COC(=O)NC1CCN(c2ncc(Cl)cc2Br)C1. The van der Waals surface area contributed by atoms with E-state index in [0.29, 0.717) is 11.6 Å². The lowest BCUT2D eigenvalue weighted by Gasteiger charge is -2.19. The minimum Gasteiger partial charge on any atom is -0.453 e. The van der Waals surface area contributed by atoms with Crippen molar-refractivity contribution in [1.82, 2.24) is 10.3 Å². The summed E-state index contributed by atoms with van der Waals surface area (Å²) in [6.07, 6.45) is 2.08. The van der Waals surface area contributed by atoms with E-state index in [1.807, 2.05) is 6.07 Å². The molecular weight excluding hydrogens is 321 g/mol. The largest absolute Gasteiger partial charge is 0.453 e. The number of nitrogens with one attached hydrogen (secondary N) is 1. The van der Waals surface area contributed by atoms with E-state index in [9.17, 15) is 4.79 Å². The number of nitrogens with zero attached hydrogens (tertiary/aromatic N) is 2. The Bertz CT molecular complexity index is 458. The van der Waals surface area contributed by atoms with Crippen LogP contribution in [0.4, 0.5) is 10.6 Å². The molecular formula is C11H13BrClN3O2. The molecule has 7 heteroatoms. The molecule has 0 bridgehead atoms. The van der Waals surface area contributed by atoms with Crippen molar-refractivity contribution in [2.24, 2.45) is 0 Å². The lowest BCUT2D eigenvalue weighted by atomic mass is 10.3. The van der Waals surface area contributed by atoms with Gasteiger partial charge in [0.25, 0.3) is 0 Å². The Morgan fingerprint density at radius 2 is 2.50 bits per heavy atom. The fraction of sp³-hybridized carbons (Fsp3) is 0.455. The minimum atomic E-state index is -0.398. The van der Waals surface area contributed by atoms with Crippen LogP contribution in [0, 0.1) is 0 Å². The third kappa shape index (κ3) is 3.05. The van der Waals surface area contributed by atoms with Gasteiger partial charge in [-0.2, -0.15) is 0 Å². The minimum absolute atomic E-state index is 0.0850. The molecule has 1 saturated heterocycles. The molecule has 1 unspecified atom stereocenters. The average Bonchev–Trinajstić information content (AvgIpc) is 2.77. The summed E-state index contributed by atoms with van der Waals surface area (Å²) in [7, 11) is 1.36. The van der Waals surface area contributed by atoms with Crippen LogP contribution in [0.25, 0.3) is 0 Å². The van der Waals surface area contributed by atoms with E-state index < -0.39 is 6.09 Å². The standard InChI is InChI=1S/C11H13BrClN3O2/c1-18-11(17)15-8-2-3-16(6-8)10-9(12)4-7(13)5-14-10/h4-5,8H,2-3,6H2,1H3,(H,15,17). The van der Waals surface area contributed by atoms with Crippen molar-refractivity contribution < 1.29 is 9.53 Å². The summed E-state index contributed by atoms with van der Waals surface area (Å²) in [5, 5.41) is 3.38. The van der Waals surface area contributed by atoms with Gasteiger partial charge in [0.15, 0.2) is 0 Å². The molecule has 5 nitrogen and oxygen atoms in total. The lowest BCUT2D eigenvalue weighted by molar-refractivity contribution is 0.167. The van der Waals surface area contributed by atoms with Gasteiger partial charge >= 0.3 is 6.09 Å². The number of carbonyl (C=O) groups is 1. The summed E-state index contributed by atoms with van der Waals surface area (Å²) >= 11 is 9.30. The molecule has 0 aromatic carbocycles. The predicted molar refractivity (Wildman–Crippen MR) is 73.1 cm³/mol. The van der Waals surface area contributed by atoms with Crippen molar-refractivity contribution >= 4 is 39.4 Å². The predicted octanol–water partition coefficient (Wildman–Crippen LogP) is 2.43. The molecule has 2 rings (SSSR count). The lowest BCUT2D eigenvalue weighted by Crippen LogP contribution is -2.37. The maximum atomic E-state index is 11.1. The van der Waals surface area contributed by atoms with E-state index in [0.717, 1.165) is 23.3 Å². The first-order valence-corrected chi connectivity index (χ1v) is 6.67. The van der Waals surface area contributed by atoms with E-state index in [2.05, 4.69) is 35.9 Å². The van der Waals surface area contributed by atoms with Crippen LogP contribution >= 0.6 is 27.5 Å². The van der Waals surface area contributed by atoms with Gasteiger partial charge in [0, 0.05) is 19.3 Å². The molecule has 1 atom stereocenters. The van der Waals surface area contributed by atoms with Crippen LogP contribution in [0.5, 0.6) is 0 Å². The number of hydrogen-bond donors (Lipinski definition) is 1. The Labute approximate surface area is 119 Å². The Morgan fingerprint density at radius 1 is 1.72 bits per heavy atom. The first-order chi connectivity index (χ1) is 8.60. The van der Waals surface area contributed by atoms with Crippen LogP contribution in [0.3, 0.4) is 0 Å². The number of aromatic nitrogens is 1. The molecule has 0 saturated carbocycles. The van der Waals surface area contributed by atoms with Crippen LogP contribution in [-0.2, 0) is 4.74 Å². The quantitative estimate of drug-likeness (QED) is 0.902. The molecule has 1 fully saturated rings. The van der Waals surface area contributed by atoms with Crippen molar-refractivity contribution in [2.75, 3.05) is 25.1 Å². The second-order valence-electron chi connectivity index (χ2n) is 4.03. The number of anilines is 1. The number of ether oxygens (including phenoxy) is 1. The highest BCUT2D eigenvalue weighted by Crippen LogP contribution is 2.28. The first kappa shape index (κ1) is 13.4. The highest BCUT2D eigenvalue weighted by Gasteiger charge is 2.26. The third-order valence-corrected chi connectivity index (χ3v) is 3.57. The number of alkyl carbamates (subject to hydrolysis) is 1. The number of pyridine rings is 1. The smallest absolute Gasteiger partial charge is 0.407 e. The highest BCUT2D eigenvalue weighted by molar-refractivity contribution is 9.10. The van der Waals surface area contributed by atoms with Gasteiger partial charge in [-0.15, -0.1) is 0 Å². The van der Waals surface area contributed by atoms with Gasteiger partial charge in [-0.25, -0.2) is 9.78 Å². The Balaban J connectivity index is 2.02. The molecule has 1 aromatic rings. The molecule has 2 heterocycles. The molecule has 1 aliphatic rings. The molecule has 98 valence electrons. The van der Waals surface area contributed by atoms with E-state index >= 15 is 0 Å². The van der Waals surface area contributed by atoms with Crippen LogP contribution in [0.1, 0.15) is 6.42 Å². The van der Waals surface area contributed by atoms with Crippen LogP contribution in [0.15, 0.2) is 16.7 Å². The Morgan fingerprint density at radius 3 is 3.17 bits per heavy atom. The summed E-state index contributed by atoms with van der Waals surface area (Å²) in [6, 6.07) is 1.90. The van der Waals surface area contributed by atoms with Gasteiger partial charge in [0.2, 0.25) is 0 Å². The number of halogens is 2. The molecule has 1 amide bonds. The fourth-order valence-electron chi connectivity index (χ4n) is 1.94. The maximum absolute atomic E-state index is 11.1. The molecule has 1 aliphatic heterocycles. The van der Waals surface area contributed by atoms with Crippen LogP contribution in [-0.4, -0.2) is 37.3 Å². The normalized spacial score (nSPS) is 18.8. The van der Waals surface area contributed by atoms with Crippen LogP contribution in [0.2, 0.25) is 5.02 Å².